The molecule has 0 aliphatic heterocycles. The van der Waals surface area contributed by atoms with E-state index in [1.165, 1.54) is 5.56 Å². The van der Waals surface area contributed by atoms with Crippen LogP contribution in [-0.2, 0) is 4.79 Å². The zero-order valence-electron chi connectivity index (χ0n) is 17.1. The Morgan fingerprint density at radius 2 is 1.64 bits per heavy atom. The molecule has 2 rings (SSSR count). The van der Waals surface area contributed by atoms with Crippen LogP contribution in [0.25, 0.3) is 6.08 Å². The molecule has 0 aliphatic carbocycles. The molecule has 2 aromatic rings. The second-order valence-corrected chi connectivity index (χ2v) is 6.37. The van der Waals surface area contributed by atoms with Crippen LogP contribution < -0.4 is 14.8 Å². The van der Waals surface area contributed by atoms with Crippen molar-refractivity contribution in [3.05, 3.63) is 65.7 Å². The van der Waals surface area contributed by atoms with Gasteiger partial charge in [-0.1, -0.05) is 44.2 Å². The molecule has 0 aromatic heterocycles. The van der Waals surface area contributed by atoms with Crippen molar-refractivity contribution in [2.75, 3.05) is 33.9 Å². The fraction of sp³-hybridized carbons (Fsp3) is 0.348. The minimum absolute atomic E-state index is 0.130. The normalized spacial score (nSPS) is 12.2. The zero-order valence-corrected chi connectivity index (χ0v) is 17.1. The molecule has 0 bridgehead atoms. The van der Waals surface area contributed by atoms with Crippen molar-refractivity contribution in [1.82, 2.24) is 10.2 Å². The van der Waals surface area contributed by atoms with Crippen LogP contribution in [0.3, 0.4) is 0 Å². The van der Waals surface area contributed by atoms with Gasteiger partial charge in [0.25, 0.3) is 0 Å². The molecule has 0 heterocycles. The SMILES string of the molecule is CCN(CC)[C@H](CNC(=O)/C=C/c1cc(OC)cc(OC)c1)c1ccccc1. The average molecular weight is 383 g/mol. The lowest BCUT2D eigenvalue weighted by Gasteiger charge is -2.30. The summed E-state index contributed by atoms with van der Waals surface area (Å²) >= 11 is 0. The summed E-state index contributed by atoms with van der Waals surface area (Å²) < 4.78 is 10.5. The third-order valence-corrected chi connectivity index (χ3v) is 4.71. The van der Waals surface area contributed by atoms with Crippen molar-refractivity contribution in [2.45, 2.75) is 19.9 Å². The van der Waals surface area contributed by atoms with Crippen LogP contribution in [0.5, 0.6) is 11.5 Å². The number of hydrogen-bond acceptors (Lipinski definition) is 4. The lowest BCUT2D eigenvalue weighted by Crippen LogP contribution is -2.37. The van der Waals surface area contributed by atoms with E-state index in [-0.39, 0.29) is 11.9 Å². The van der Waals surface area contributed by atoms with Gasteiger partial charge >= 0.3 is 0 Å². The summed E-state index contributed by atoms with van der Waals surface area (Å²) in [6.07, 6.45) is 3.30. The minimum atomic E-state index is -0.130. The van der Waals surface area contributed by atoms with Crippen LogP contribution in [0.4, 0.5) is 0 Å². The summed E-state index contributed by atoms with van der Waals surface area (Å²) in [5.41, 5.74) is 2.04. The highest BCUT2D eigenvalue weighted by atomic mass is 16.5. The van der Waals surface area contributed by atoms with E-state index < -0.39 is 0 Å². The van der Waals surface area contributed by atoms with Gasteiger partial charge in [-0.3, -0.25) is 9.69 Å². The highest BCUT2D eigenvalue weighted by molar-refractivity contribution is 5.91. The molecule has 0 fully saturated rings. The number of amides is 1. The Hall–Kier alpha value is -2.79. The number of benzene rings is 2. The minimum Gasteiger partial charge on any atom is -0.497 e. The Balaban J connectivity index is 2.05. The second-order valence-electron chi connectivity index (χ2n) is 6.37. The number of carbonyl (C=O) groups excluding carboxylic acids is 1. The first-order chi connectivity index (χ1) is 13.6. The number of nitrogens with one attached hydrogen (secondary N) is 1. The van der Waals surface area contributed by atoms with Gasteiger partial charge in [-0.25, -0.2) is 0 Å². The number of carbonyl (C=O) groups is 1. The van der Waals surface area contributed by atoms with Gasteiger partial charge in [0.05, 0.1) is 20.3 Å². The molecule has 0 saturated heterocycles. The Morgan fingerprint density at radius 3 is 2.18 bits per heavy atom. The maximum Gasteiger partial charge on any atom is 0.244 e. The first kappa shape index (κ1) is 21.5. The zero-order chi connectivity index (χ0) is 20.4. The van der Waals surface area contributed by atoms with E-state index in [9.17, 15) is 4.79 Å². The molecule has 0 radical (unpaired) electrons. The van der Waals surface area contributed by atoms with Gasteiger partial charge in [0.15, 0.2) is 0 Å². The average Bonchev–Trinajstić information content (AvgIpc) is 2.75. The predicted octanol–water partition coefficient (Wildman–Crippen LogP) is 3.92. The highest BCUT2D eigenvalue weighted by Gasteiger charge is 2.18. The second kappa shape index (κ2) is 11.1. The van der Waals surface area contributed by atoms with Crippen LogP contribution in [0.1, 0.15) is 31.0 Å². The molecular formula is C23H30N2O3. The molecule has 1 N–H and O–H groups in total. The quantitative estimate of drug-likeness (QED) is 0.633. The number of hydrogen-bond donors (Lipinski definition) is 1. The molecule has 5 heteroatoms. The van der Waals surface area contributed by atoms with Gasteiger partial charge < -0.3 is 14.8 Å². The third kappa shape index (κ3) is 6.13. The summed E-state index contributed by atoms with van der Waals surface area (Å²) in [7, 11) is 3.21. The lowest BCUT2D eigenvalue weighted by atomic mass is 10.1. The standard InChI is InChI=1S/C23H30N2O3/c1-5-25(6-2)22(19-10-8-7-9-11-19)17-24-23(26)13-12-18-14-20(27-3)16-21(15-18)28-4/h7-16,22H,5-6,17H2,1-4H3,(H,24,26)/b13-12+/t22-/m1/s1. The van der Waals surface area contributed by atoms with Crippen LogP contribution >= 0.6 is 0 Å². The fourth-order valence-electron chi connectivity index (χ4n) is 3.15. The van der Waals surface area contributed by atoms with Crippen LogP contribution in [0, 0.1) is 0 Å². The van der Waals surface area contributed by atoms with Crippen molar-refractivity contribution in [3.63, 3.8) is 0 Å². The molecule has 1 amide bonds. The molecule has 2 aromatic carbocycles. The highest BCUT2D eigenvalue weighted by Crippen LogP contribution is 2.23. The number of nitrogens with zero attached hydrogens (tertiary/aromatic N) is 1. The van der Waals surface area contributed by atoms with Gasteiger partial charge in [-0.2, -0.15) is 0 Å². The lowest BCUT2D eigenvalue weighted by molar-refractivity contribution is -0.116. The smallest absolute Gasteiger partial charge is 0.244 e. The van der Waals surface area contributed by atoms with Crippen molar-refractivity contribution >= 4 is 12.0 Å². The van der Waals surface area contributed by atoms with Gasteiger partial charge in [0, 0.05) is 18.7 Å². The van der Waals surface area contributed by atoms with E-state index in [0.717, 1.165) is 18.7 Å². The van der Waals surface area contributed by atoms with E-state index in [4.69, 9.17) is 9.47 Å². The Labute approximate surface area is 168 Å². The number of ether oxygens (including phenoxy) is 2. The van der Waals surface area contributed by atoms with E-state index in [2.05, 4.69) is 36.2 Å². The summed E-state index contributed by atoms with van der Waals surface area (Å²) in [5.74, 6) is 1.24. The van der Waals surface area contributed by atoms with Crippen molar-refractivity contribution in [1.29, 1.82) is 0 Å². The molecule has 5 nitrogen and oxygen atoms in total. The first-order valence-corrected chi connectivity index (χ1v) is 9.59. The Morgan fingerprint density at radius 1 is 1.04 bits per heavy atom. The van der Waals surface area contributed by atoms with Gasteiger partial charge in [-0.05, 0) is 42.4 Å². The largest absolute Gasteiger partial charge is 0.497 e. The fourth-order valence-corrected chi connectivity index (χ4v) is 3.15. The molecule has 28 heavy (non-hydrogen) atoms. The molecule has 150 valence electrons. The topological polar surface area (TPSA) is 50.8 Å². The van der Waals surface area contributed by atoms with E-state index in [0.29, 0.717) is 18.0 Å². The molecule has 0 unspecified atom stereocenters. The molecule has 0 saturated carbocycles. The first-order valence-electron chi connectivity index (χ1n) is 9.59. The van der Waals surface area contributed by atoms with Gasteiger partial charge in [0.2, 0.25) is 5.91 Å². The van der Waals surface area contributed by atoms with Gasteiger partial charge in [-0.15, -0.1) is 0 Å². The number of likely N-dealkylation sites (N-methyl/N-ethyl adjacent to an activating group) is 1. The monoisotopic (exact) mass is 382 g/mol. The number of rotatable bonds is 10. The summed E-state index contributed by atoms with van der Waals surface area (Å²) in [6, 6.07) is 15.9. The van der Waals surface area contributed by atoms with E-state index in [1.807, 2.05) is 30.3 Å². The molecule has 1 atom stereocenters. The molecular weight excluding hydrogens is 352 g/mol. The van der Waals surface area contributed by atoms with Crippen molar-refractivity contribution in [2.24, 2.45) is 0 Å². The van der Waals surface area contributed by atoms with E-state index >= 15 is 0 Å². The summed E-state index contributed by atoms with van der Waals surface area (Å²) in [6.45, 7) is 6.67. The van der Waals surface area contributed by atoms with Crippen LogP contribution in [0.2, 0.25) is 0 Å². The Bertz CT molecular complexity index is 748. The maximum absolute atomic E-state index is 12.4. The molecule has 0 aliphatic rings. The predicted molar refractivity (Wildman–Crippen MR) is 114 cm³/mol. The van der Waals surface area contributed by atoms with Crippen molar-refractivity contribution < 1.29 is 14.3 Å². The van der Waals surface area contributed by atoms with Crippen LogP contribution in [-0.4, -0.2) is 44.7 Å². The maximum atomic E-state index is 12.4. The summed E-state index contributed by atoms with van der Waals surface area (Å²) in [4.78, 5) is 14.7. The van der Waals surface area contributed by atoms with Crippen molar-refractivity contribution in [3.8, 4) is 11.5 Å². The Kier molecular flexibility index (Phi) is 8.56. The van der Waals surface area contributed by atoms with Crippen LogP contribution in [0.15, 0.2) is 54.6 Å². The summed E-state index contributed by atoms with van der Waals surface area (Å²) in [5, 5.41) is 3.03. The van der Waals surface area contributed by atoms with E-state index in [1.54, 1.807) is 32.4 Å². The third-order valence-electron chi connectivity index (χ3n) is 4.71. The molecule has 0 spiro atoms. The van der Waals surface area contributed by atoms with Gasteiger partial charge in [0.1, 0.15) is 11.5 Å². The number of methoxy groups -OCH3 is 2.